The number of amides is 1. The molecule has 8 heteroatoms. The fourth-order valence-electron chi connectivity index (χ4n) is 2.83. The summed E-state index contributed by atoms with van der Waals surface area (Å²) in [5, 5.41) is 5.94. The van der Waals surface area contributed by atoms with E-state index in [1.54, 1.807) is 12.1 Å². The minimum atomic E-state index is -3.00. The van der Waals surface area contributed by atoms with Crippen LogP contribution < -0.4 is 10.6 Å². The summed E-state index contributed by atoms with van der Waals surface area (Å²) in [5.74, 6) is 0.570. The number of sulfone groups is 1. The van der Waals surface area contributed by atoms with E-state index in [-0.39, 0.29) is 29.6 Å². The number of hydrogen-bond acceptors (Lipinski definition) is 6. The Kier molecular flexibility index (Phi) is 4.82. The number of nitrogens with one attached hydrogen (secondary N) is 2. The largest absolute Gasteiger partial charge is 0.376 e. The van der Waals surface area contributed by atoms with E-state index in [1.165, 1.54) is 6.20 Å². The maximum Gasteiger partial charge on any atom is 0.253 e. The van der Waals surface area contributed by atoms with E-state index in [0.29, 0.717) is 24.3 Å². The Hall–Kier alpha value is -1.67. The van der Waals surface area contributed by atoms with Gasteiger partial charge in [-0.2, -0.15) is 0 Å². The van der Waals surface area contributed by atoms with Crippen molar-refractivity contribution in [3.63, 3.8) is 0 Å². The van der Waals surface area contributed by atoms with Crippen LogP contribution in [0.3, 0.4) is 0 Å². The predicted molar refractivity (Wildman–Crippen MR) is 86.2 cm³/mol. The second kappa shape index (κ2) is 6.84. The molecule has 2 N–H and O–H groups in total. The van der Waals surface area contributed by atoms with E-state index >= 15 is 0 Å². The zero-order valence-electron chi connectivity index (χ0n) is 12.8. The molecule has 0 aliphatic carbocycles. The molecule has 0 spiro atoms. The first-order chi connectivity index (χ1) is 11.0. The van der Waals surface area contributed by atoms with Crippen LogP contribution >= 0.6 is 0 Å². The van der Waals surface area contributed by atoms with Gasteiger partial charge in [-0.25, -0.2) is 13.4 Å². The number of anilines is 1. The molecule has 1 amide bonds. The zero-order valence-corrected chi connectivity index (χ0v) is 13.6. The van der Waals surface area contributed by atoms with Crippen LogP contribution in [0.25, 0.3) is 0 Å². The molecule has 7 nitrogen and oxygen atoms in total. The van der Waals surface area contributed by atoms with Crippen LogP contribution in [0.5, 0.6) is 0 Å². The molecule has 2 unspecified atom stereocenters. The van der Waals surface area contributed by atoms with Gasteiger partial charge in [0.2, 0.25) is 0 Å². The predicted octanol–water partition coefficient (Wildman–Crippen LogP) is 0.589. The van der Waals surface area contributed by atoms with E-state index in [2.05, 4.69) is 15.6 Å². The number of aromatic nitrogens is 1. The van der Waals surface area contributed by atoms with Crippen molar-refractivity contribution in [3.05, 3.63) is 23.9 Å². The van der Waals surface area contributed by atoms with Gasteiger partial charge in [-0.15, -0.1) is 0 Å². The van der Waals surface area contributed by atoms with Crippen LogP contribution in [0.4, 0.5) is 5.82 Å². The highest BCUT2D eigenvalue weighted by Crippen LogP contribution is 2.14. The SMILES string of the molecule is O=C(NC1CCS(=O)(=O)C1)c1ccc(NCC2CCCO2)nc1. The van der Waals surface area contributed by atoms with E-state index in [9.17, 15) is 13.2 Å². The number of nitrogens with zero attached hydrogens (tertiary/aromatic N) is 1. The quantitative estimate of drug-likeness (QED) is 0.815. The highest BCUT2D eigenvalue weighted by atomic mass is 32.2. The molecule has 0 saturated carbocycles. The van der Waals surface area contributed by atoms with Crippen molar-refractivity contribution in [1.29, 1.82) is 0 Å². The number of carbonyl (C=O) groups is 1. The lowest BCUT2D eigenvalue weighted by molar-refractivity contribution is 0.0940. The lowest BCUT2D eigenvalue weighted by Gasteiger charge is -2.12. The lowest BCUT2D eigenvalue weighted by atomic mass is 10.2. The first-order valence-corrected chi connectivity index (χ1v) is 9.67. The van der Waals surface area contributed by atoms with Crippen LogP contribution in [-0.2, 0) is 14.6 Å². The summed E-state index contributed by atoms with van der Waals surface area (Å²) in [6, 6.07) is 3.13. The molecule has 2 fully saturated rings. The molecule has 2 saturated heterocycles. The molecule has 1 aromatic rings. The number of hydrogen-bond donors (Lipinski definition) is 2. The van der Waals surface area contributed by atoms with Gasteiger partial charge in [0.25, 0.3) is 5.91 Å². The van der Waals surface area contributed by atoms with Gasteiger partial charge in [0.15, 0.2) is 9.84 Å². The molecule has 3 heterocycles. The van der Waals surface area contributed by atoms with Gasteiger partial charge in [-0.05, 0) is 31.4 Å². The standard InChI is InChI=1S/C15H21N3O4S/c19-15(18-12-5-7-23(20,21)10-12)11-3-4-14(16-8-11)17-9-13-2-1-6-22-13/h3-4,8,12-13H,1-2,5-7,9-10H2,(H,16,17)(H,18,19). The third-order valence-corrected chi connectivity index (χ3v) is 5.90. The van der Waals surface area contributed by atoms with Crippen molar-refractivity contribution < 1.29 is 17.9 Å². The van der Waals surface area contributed by atoms with E-state index in [0.717, 1.165) is 19.4 Å². The van der Waals surface area contributed by atoms with Crippen LogP contribution in [-0.4, -0.2) is 56.1 Å². The number of rotatable bonds is 5. The first-order valence-electron chi connectivity index (χ1n) is 7.85. The Labute approximate surface area is 135 Å². The molecule has 0 radical (unpaired) electrons. The van der Waals surface area contributed by atoms with E-state index < -0.39 is 9.84 Å². The average molecular weight is 339 g/mol. The van der Waals surface area contributed by atoms with Gasteiger partial charge < -0.3 is 15.4 Å². The van der Waals surface area contributed by atoms with Gasteiger partial charge in [0, 0.05) is 25.4 Å². The summed E-state index contributed by atoms with van der Waals surface area (Å²) in [6.07, 6.45) is 4.34. The Balaban J connectivity index is 1.51. The third-order valence-electron chi connectivity index (χ3n) is 4.13. The van der Waals surface area contributed by atoms with Crippen molar-refractivity contribution in [3.8, 4) is 0 Å². The Morgan fingerprint density at radius 3 is 2.83 bits per heavy atom. The van der Waals surface area contributed by atoms with Crippen molar-refractivity contribution in [1.82, 2.24) is 10.3 Å². The molecule has 126 valence electrons. The average Bonchev–Trinajstić information content (AvgIpc) is 3.15. The molecule has 23 heavy (non-hydrogen) atoms. The van der Waals surface area contributed by atoms with Crippen molar-refractivity contribution in [2.45, 2.75) is 31.4 Å². The summed E-state index contributed by atoms with van der Waals surface area (Å²) in [7, 11) is -3.00. The normalized spacial score (nSPS) is 26.1. The maximum atomic E-state index is 12.1. The molecule has 1 aromatic heterocycles. The van der Waals surface area contributed by atoms with Crippen LogP contribution in [0, 0.1) is 0 Å². The van der Waals surface area contributed by atoms with Gasteiger partial charge in [0.1, 0.15) is 5.82 Å². The molecule has 0 aromatic carbocycles. The molecule has 3 rings (SSSR count). The second-order valence-electron chi connectivity index (χ2n) is 6.02. The monoisotopic (exact) mass is 339 g/mol. The molecular weight excluding hydrogens is 318 g/mol. The smallest absolute Gasteiger partial charge is 0.253 e. The molecule has 2 aliphatic rings. The molecule has 2 aliphatic heterocycles. The minimum absolute atomic E-state index is 0.0210. The Morgan fingerprint density at radius 2 is 2.22 bits per heavy atom. The maximum absolute atomic E-state index is 12.1. The number of pyridine rings is 1. The Morgan fingerprint density at radius 1 is 1.35 bits per heavy atom. The molecular formula is C15H21N3O4S. The number of ether oxygens (including phenoxy) is 1. The number of carbonyl (C=O) groups excluding carboxylic acids is 1. The van der Waals surface area contributed by atoms with E-state index in [4.69, 9.17) is 4.74 Å². The van der Waals surface area contributed by atoms with E-state index in [1.807, 2.05) is 0 Å². The summed E-state index contributed by atoms with van der Waals surface area (Å²) >= 11 is 0. The van der Waals surface area contributed by atoms with Gasteiger partial charge >= 0.3 is 0 Å². The second-order valence-corrected chi connectivity index (χ2v) is 8.25. The topological polar surface area (TPSA) is 97.4 Å². The summed E-state index contributed by atoms with van der Waals surface area (Å²) in [4.78, 5) is 16.3. The fraction of sp³-hybridized carbons (Fsp3) is 0.600. The van der Waals surface area contributed by atoms with Crippen molar-refractivity contribution in [2.75, 3.05) is 30.0 Å². The fourth-order valence-corrected chi connectivity index (χ4v) is 4.51. The minimum Gasteiger partial charge on any atom is -0.376 e. The first kappa shape index (κ1) is 16.2. The molecule has 2 atom stereocenters. The highest BCUT2D eigenvalue weighted by molar-refractivity contribution is 7.91. The summed E-state index contributed by atoms with van der Waals surface area (Å²) in [5.41, 5.74) is 0.428. The van der Waals surface area contributed by atoms with Gasteiger partial charge in [0.05, 0.1) is 23.2 Å². The van der Waals surface area contributed by atoms with Crippen molar-refractivity contribution >= 4 is 21.6 Å². The highest BCUT2D eigenvalue weighted by Gasteiger charge is 2.29. The van der Waals surface area contributed by atoms with Crippen LogP contribution in [0.15, 0.2) is 18.3 Å². The zero-order chi connectivity index (χ0) is 16.3. The lowest BCUT2D eigenvalue weighted by Crippen LogP contribution is -2.35. The third kappa shape index (κ3) is 4.42. The van der Waals surface area contributed by atoms with Crippen molar-refractivity contribution in [2.24, 2.45) is 0 Å². The molecule has 0 bridgehead atoms. The Bertz CT molecular complexity index is 654. The summed E-state index contributed by atoms with van der Waals surface area (Å²) < 4.78 is 28.3. The van der Waals surface area contributed by atoms with Gasteiger partial charge in [-0.1, -0.05) is 0 Å². The van der Waals surface area contributed by atoms with Crippen LogP contribution in [0.2, 0.25) is 0 Å². The van der Waals surface area contributed by atoms with Gasteiger partial charge in [-0.3, -0.25) is 4.79 Å². The summed E-state index contributed by atoms with van der Waals surface area (Å²) in [6.45, 7) is 1.52. The van der Waals surface area contributed by atoms with Crippen LogP contribution in [0.1, 0.15) is 29.6 Å².